The molecule has 1 aliphatic heterocycles. The number of hydrogen-bond donors (Lipinski definition) is 0. The van der Waals surface area contributed by atoms with Crippen LogP contribution in [0.25, 0.3) is 0 Å². The number of Topliss-reactive ketones (excluding diaryl/α,β-unsaturated/α-hetero) is 1. The molecule has 0 unspecified atom stereocenters. The van der Waals surface area contributed by atoms with Gasteiger partial charge in [-0.2, -0.15) is 17.7 Å². The van der Waals surface area contributed by atoms with Crippen molar-refractivity contribution < 1.29 is 33.2 Å². The van der Waals surface area contributed by atoms with Crippen LogP contribution in [0, 0.1) is 5.92 Å². The summed E-state index contributed by atoms with van der Waals surface area (Å²) >= 11 is 1.45. The molecule has 0 saturated carbocycles. The molecule has 1 saturated heterocycles. The third-order valence-electron chi connectivity index (χ3n) is 1.25. The van der Waals surface area contributed by atoms with Gasteiger partial charge in [0, 0.05) is 11.5 Å². The van der Waals surface area contributed by atoms with Gasteiger partial charge in [-0.05, 0) is 0 Å². The predicted molar refractivity (Wildman–Crippen MR) is 37.6 cm³/mol. The molecule has 0 spiro atoms. The summed E-state index contributed by atoms with van der Waals surface area (Å²) in [4.78, 5) is 21.5. The topological polar surface area (TPSA) is 43.4 Å². The van der Waals surface area contributed by atoms with Crippen LogP contribution in [0.5, 0.6) is 0 Å². The van der Waals surface area contributed by atoms with Gasteiger partial charge >= 0.3 is 18.9 Å². The van der Waals surface area contributed by atoms with Crippen molar-refractivity contribution in [3.8, 4) is 0 Å². The largest absolute Gasteiger partial charge is 1.00 e. The molecule has 0 N–H and O–H groups in total. The fraction of sp³-hybridized carbons (Fsp3) is 0.500. The Balaban J connectivity index is 0.000001000. The molecule has 1 fully saturated rings. The second-order valence-corrected chi connectivity index (χ2v) is 2.87. The van der Waals surface area contributed by atoms with E-state index >= 15 is 0 Å². The van der Waals surface area contributed by atoms with Crippen LogP contribution in [-0.2, 0) is 14.3 Å². The van der Waals surface area contributed by atoms with E-state index in [0.29, 0.717) is 17.4 Å². The van der Waals surface area contributed by atoms with E-state index in [0.717, 1.165) is 0 Å². The van der Waals surface area contributed by atoms with Gasteiger partial charge in [0.15, 0.2) is 5.97 Å². The molecule has 0 aromatic rings. The zero-order valence-electron chi connectivity index (χ0n) is 6.55. The van der Waals surface area contributed by atoms with Gasteiger partial charge in [-0.1, -0.05) is 0 Å². The molecule has 0 atom stereocenters. The van der Waals surface area contributed by atoms with E-state index in [1.54, 1.807) is 0 Å². The van der Waals surface area contributed by atoms with Gasteiger partial charge in [0.25, 0.3) is 0 Å². The van der Waals surface area contributed by atoms with Gasteiger partial charge in [-0.25, -0.2) is 0 Å². The molecule has 3 nitrogen and oxygen atoms in total. The molecule has 1 aliphatic rings. The van der Waals surface area contributed by atoms with Crippen LogP contribution in [-0.4, -0.2) is 30.4 Å². The smallest absolute Gasteiger partial charge is 0.491 e. The third-order valence-corrected chi connectivity index (χ3v) is 2.21. The number of carbonyl (C=O) groups is 2. The Bertz CT molecular complexity index is 171. The van der Waals surface area contributed by atoms with Crippen molar-refractivity contribution in [2.24, 2.45) is 0 Å². The van der Waals surface area contributed by atoms with Gasteiger partial charge in [0.1, 0.15) is 0 Å². The first-order chi connectivity index (χ1) is 4.75. The first-order valence-electron chi connectivity index (χ1n) is 2.81. The van der Waals surface area contributed by atoms with Gasteiger partial charge in [0.05, 0.1) is 7.11 Å². The summed E-state index contributed by atoms with van der Waals surface area (Å²) in [5, 5.41) is 0. The van der Waals surface area contributed by atoms with Crippen LogP contribution in [0.2, 0.25) is 0 Å². The number of rotatable bonds is 1. The molecule has 0 aromatic carbocycles. The number of methoxy groups -OCH3 is 1. The van der Waals surface area contributed by atoms with Crippen LogP contribution >= 0.6 is 11.8 Å². The molecular weight excluding hydrogens is 159 g/mol. The fourth-order valence-electron chi connectivity index (χ4n) is 0.709. The average Bonchev–Trinajstić information content (AvgIpc) is 2.34. The molecule has 1 rings (SSSR count). The minimum atomic E-state index is -0.477. The second-order valence-electron chi connectivity index (χ2n) is 1.89. The van der Waals surface area contributed by atoms with Crippen molar-refractivity contribution >= 4 is 23.5 Å². The Morgan fingerprint density at radius 2 is 2.36 bits per heavy atom. The predicted octanol–water partition coefficient (Wildman–Crippen LogP) is -2.95. The second kappa shape index (κ2) is 4.76. The summed E-state index contributed by atoms with van der Waals surface area (Å²) in [6.45, 7) is 0. The maximum atomic E-state index is 10.8. The first kappa shape index (κ1) is 11.0. The zero-order valence-corrected chi connectivity index (χ0v) is 7.36. The van der Waals surface area contributed by atoms with Crippen LogP contribution < -0.4 is 18.9 Å². The van der Waals surface area contributed by atoms with Crippen molar-refractivity contribution in [2.45, 2.75) is 0 Å². The van der Waals surface area contributed by atoms with Crippen LogP contribution in [0.4, 0.5) is 0 Å². The van der Waals surface area contributed by atoms with Gasteiger partial charge in [-0.3, -0.25) is 4.79 Å². The van der Waals surface area contributed by atoms with Crippen LogP contribution in [0.15, 0.2) is 0 Å². The maximum absolute atomic E-state index is 10.8. The van der Waals surface area contributed by atoms with Crippen molar-refractivity contribution in [1.82, 2.24) is 0 Å². The summed E-state index contributed by atoms with van der Waals surface area (Å²) in [7, 11) is 1.28. The number of ether oxygens (including phenoxy) is 1. The van der Waals surface area contributed by atoms with Gasteiger partial charge in [0.2, 0.25) is 0 Å². The zero-order chi connectivity index (χ0) is 7.56. The minimum Gasteiger partial charge on any atom is -0.491 e. The SMILES string of the molecule is COC(=O)[C-]1CSCC1=O.[Li+]. The van der Waals surface area contributed by atoms with Gasteiger partial charge < -0.3 is 9.53 Å². The fourth-order valence-corrected chi connectivity index (χ4v) is 1.65. The summed E-state index contributed by atoms with van der Waals surface area (Å²) < 4.78 is 4.39. The number of thioether (sulfide) groups is 1. The third kappa shape index (κ3) is 2.48. The Hall–Kier alpha value is -0.0426. The monoisotopic (exact) mass is 166 g/mol. The van der Waals surface area contributed by atoms with E-state index in [1.165, 1.54) is 18.9 Å². The Morgan fingerprint density at radius 1 is 1.73 bits per heavy atom. The quantitative estimate of drug-likeness (QED) is 0.237. The number of esters is 1. The molecule has 0 amide bonds. The molecular formula is C6H7LiO3S. The molecule has 5 heteroatoms. The van der Waals surface area contributed by atoms with Crippen molar-refractivity contribution in [3.05, 3.63) is 5.92 Å². The summed E-state index contributed by atoms with van der Waals surface area (Å²) in [5.74, 6) is 0.662. The van der Waals surface area contributed by atoms with Crippen LogP contribution in [0.1, 0.15) is 0 Å². The first-order valence-corrected chi connectivity index (χ1v) is 3.96. The molecule has 0 bridgehead atoms. The van der Waals surface area contributed by atoms with Crippen LogP contribution in [0.3, 0.4) is 0 Å². The van der Waals surface area contributed by atoms with Crippen molar-refractivity contribution in [3.63, 3.8) is 0 Å². The van der Waals surface area contributed by atoms with E-state index in [4.69, 9.17) is 0 Å². The van der Waals surface area contributed by atoms with Crippen molar-refractivity contribution in [1.29, 1.82) is 0 Å². The van der Waals surface area contributed by atoms with E-state index in [9.17, 15) is 9.59 Å². The average molecular weight is 166 g/mol. The molecule has 1 heterocycles. The number of carbonyl (C=O) groups excluding carboxylic acids is 2. The normalized spacial score (nSPS) is 16.1. The van der Waals surface area contributed by atoms with E-state index < -0.39 is 5.97 Å². The molecule has 56 valence electrons. The summed E-state index contributed by atoms with van der Waals surface area (Å²) in [6, 6.07) is 0. The molecule has 11 heavy (non-hydrogen) atoms. The van der Waals surface area contributed by atoms with Crippen molar-refractivity contribution in [2.75, 3.05) is 18.6 Å². The Labute approximate surface area is 81.4 Å². The Kier molecular flexibility index (Phi) is 4.74. The number of ketones is 1. The van der Waals surface area contributed by atoms with E-state index in [1.807, 2.05) is 0 Å². The number of hydrogen-bond acceptors (Lipinski definition) is 4. The van der Waals surface area contributed by atoms with E-state index in [2.05, 4.69) is 4.74 Å². The molecule has 0 aromatic heterocycles. The van der Waals surface area contributed by atoms with E-state index in [-0.39, 0.29) is 24.6 Å². The maximum Gasteiger partial charge on any atom is 1.00 e. The van der Waals surface area contributed by atoms with Gasteiger partial charge in [-0.15, -0.1) is 5.75 Å². The summed E-state index contributed by atoms with van der Waals surface area (Å²) in [6.07, 6.45) is 0. The minimum absolute atomic E-state index is 0. The standard InChI is InChI=1S/C6H7O3S.Li/c1-9-6(8)4-2-10-3-5(4)7;/h2-3H2,1H3;/q-1;+1. The summed E-state index contributed by atoms with van der Waals surface area (Å²) in [5.41, 5.74) is 0. The Morgan fingerprint density at radius 3 is 2.73 bits per heavy atom. The molecule has 0 radical (unpaired) electrons. The molecule has 0 aliphatic carbocycles.